The normalized spacial score (nSPS) is 23.5. The molecule has 3 saturated heterocycles. The topological polar surface area (TPSA) is 166 Å². The van der Waals surface area contributed by atoms with E-state index in [0.717, 1.165) is 25.4 Å². The highest BCUT2D eigenvalue weighted by atomic mass is 31.2. The van der Waals surface area contributed by atoms with Gasteiger partial charge in [-0.1, -0.05) is 95.8 Å². The third kappa shape index (κ3) is 8.05. The summed E-state index contributed by atoms with van der Waals surface area (Å²) in [5.74, 6) is 0.170. The second-order valence-electron chi connectivity index (χ2n) is 14.3. The van der Waals surface area contributed by atoms with E-state index in [0.29, 0.717) is 23.3 Å². The van der Waals surface area contributed by atoms with Gasteiger partial charge in [-0.2, -0.15) is 15.2 Å². The number of carbonyl (C=O) groups is 1. The minimum atomic E-state index is -2.19. The number of aliphatic hydroxyl groups excluding tert-OH is 1. The number of imidazole rings is 1. The molecule has 5 aromatic rings. The van der Waals surface area contributed by atoms with Gasteiger partial charge in [-0.3, -0.25) is 14.7 Å². The Balaban J connectivity index is 1.00. The number of amides is 1. The first kappa shape index (κ1) is 38.1. The van der Waals surface area contributed by atoms with Crippen molar-refractivity contribution in [2.75, 3.05) is 31.7 Å². The van der Waals surface area contributed by atoms with Crippen molar-refractivity contribution in [2.45, 2.75) is 68.9 Å². The predicted molar refractivity (Wildman–Crippen MR) is 212 cm³/mol. The molecule has 1 amide bonds. The summed E-state index contributed by atoms with van der Waals surface area (Å²) >= 11 is 0. The third-order valence-electron chi connectivity index (χ3n) is 10.7. The molecule has 8 rings (SSSR count). The Morgan fingerprint density at radius 3 is 2.43 bits per heavy atom. The zero-order valence-corrected chi connectivity index (χ0v) is 32.9. The van der Waals surface area contributed by atoms with Gasteiger partial charge in [-0.25, -0.2) is 9.65 Å². The van der Waals surface area contributed by atoms with Gasteiger partial charge in [0.15, 0.2) is 17.8 Å². The Morgan fingerprint density at radius 1 is 1.02 bits per heavy atom. The molecule has 16 heteroatoms. The number of anilines is 1. The maximum atomic E-state index is 12.9. The van der Waals surface area contributed by atoms with E-state index in [2.05, 4.69) is 98.2 Å². The fraction of sp³-hybridized carbons (Fsp3) is 0.375. The zero-order valence-electron chi connectivity index (χ0n) is 31.0. The molecule has 5 heterocycles. The van der Waals surface area contributed by atoms with Crippen LogP contribution >= 0.6 is 8.53 Å². The SMILES string of the molecule is C[Si](C[C@H]1O[P@](O[C@@H]2C[C@H](n3cnc4c(OCCC#N)nc(NC(=O)COc5ccccc5)nc43)O[C@@H]2CO)N2CCC[C@@H]12)(c1ccccc1)c1ccccc1. The van der Waals surface area contributed by atoms with Crippen LogP contribution in [0.3, 0.4) is 0 Å². The second kappa shape index (κ2) is 17.2. The lowest BCUT2D eigenvalue weighted by atomic mass is 10.1. The van der Waals surface area contributed by atoms with Crippen molar-refractivity contribution in [1.29, 1.82) is 5.26 Å². The van der Waals surface area contributed by atoms with Crippen LogP contribution < -0.4 is 25.2 Å². The number of nitrogens with one attached hydrogen (secondary N) is 1. The number of ether oxygens (including phenoxy) is 3. The number of hydrogen-bond acceptors (Lipinski definition) is 12. The van der Waals surface area contributed by atoms with Crippen molar-refractivity contribution in [3.63, 3.8) is 0 Å². The largest absolute Gasteiger partial charge is 0.484 e. The van der Waals surface area contributed by atoms with E-state index in [1.165, 1.54) is 10.4 Å². The molecule has 290 valence electrons. The maximum Gasteiger partial charge on any atom is 0.264 e. The molecular formula is C40H44N7O7PSi. The number of nitrogens with zero attached hydrogens (tertiary/aromatic N) is 6. The molecule has 3 fully saturated rings. The molecule has 14 nitrogen and oxygen atoms in total. The first-order chi connectivity index (χ1) is 27.4. The van der Waals surface area contributed by atoms with E-state index in [-0.39, 0.29) is 50.2 Å². The smallest absolute Gasteiger partial charge is 0.264 e. The summed E-state index contributed by atoms with van der Waals surface area (Å²) in [7, 11) is -3.60. The number of nitriles is 1. The Hall–Kier alpha value is -4.78. The van der Waals surface area contributed by atoms with Crippen LogP contribution in [0.1, 0.15) is 31.9 Å². The average Bonchev–Trinajstić information content (AvgIpc) is 4.04. The van der Waals surface area contributed by atoms with Crippen LogP contribution in [0.2, 0.25) is 12.6 Å². The number of fused-ring (bicyclic) bond motifs is 2. The van der Waals surface area contributed by atoms with Crippen LogP contribution in [-0.2, 0) is 18.6 Å². The predicted octanol–water partition coefficient (Wildman–Crippen LogP) is 4.78. The highest BCUT2D eigenvalue weighted by molar-refractivity contribution is 7.45. The quantitative estimate of drug-likeness (QED) is 0.0848. The average molecular weight is 794 g/mol. The molecular weight excluding hydrogens is 750 g/mol. The molecule has 0 spiro atoms. The number of rotatable bonds is 15. The van der Waals surface area contributed by atoms with Crippen molar-refractivity contribution < 1.29 is 33.2 Å². The number of aliphatic hydroxyl groups is 1. The van der Waals surface area contributed by atoms with Crippen LogP contribution in [0.25, 0.3) is 11.2 Å². The van der Waals surface area contributed by atoms with Gasteiger partial charge in [0.1, 0.15) is 32.8 Å². The van der Waals surface area contributed by atoms with Crippen LogP contribution in [0, 0.1) is 11.3 Å². The minimum Gasteiger partial charge on any atom is -0.484 e. The van der Waals surface area contributed by atoms with Crippen LogP contribution in [0.4, 0.5) is 5.95 Å². The van der Waals surface area contributed by atoms with E-state index >= 15 is 0 Å². The maximum absolute atomic E-state index is 12.9. The van der Waals surface area contributed by atoms with Crippen LogP contribution in [0.15, 0.2) is 97.3 Å². The summed E-state index contributed by atoms with van der Waals surface area (Å²) in [6.07, 6.45) is 2.52. The Bertz CT molecular complexity index is 2110. The molecule has 0 aliphatic carbocycles. The number of aromatic nitrogens is 4. The molecule has 56 heavy (non-hydrogen) atoms. The van der Waals surface area contributed by atoms with Crippen molar-refractivity contribution >= 4 is 50.0 Å². The molecule has 0 radical (unpaired) electrons. The molecule has 6 atom stereocenters. The van der Waals surface area contributed by atoms with Gasteiger partial charge < -0.3 is 28.4 Å². The van der Waals surface area contributed by atoms with Gasteiger partial charge in [-0.05, 0) is 31.0 Å². The van der Waals surface area contributed by atoms with Crippen LogP contribution in [-0.4, -0.2) is 94.0 Å². The second-order valence-corrected chi connectivity index (χ2v) is 19.9. The van der Waals surface area contributed by atoms with E-state index in [4.69, 9.17) is 28.5 Å². The lowest BCUT2D eigenvalue weighted by Gasteiger charge is -2.32. The molecule has 0 saturated carbocycles. The van der Waals surface area contributed by atoms with Crippen molar-refractivity contribution in [2.24, 2.45) is 0 Å². The van der Waals surface area contributed by atoms with Crippen molar-refractivity contribution in [1.82, 2.24) is 24.2 Å². The fourth-order valence-corrected chi connectivity index (χ4v) is 13.8. The van der Waals surface area contributed by atoms with E-state index in [9.17, 15) is 9.90 Å². The van der Waals surface area contributed by atoms with Crippen LogP contribution in [0.5, 0.6) is 11.6 Å². The number of benzene rings is 3. The Morgan fingerprint density at radius 2 is 1.73 bits per heavy atom. The summed E-state index contributed by atoms with van der Waals surface area (Å²) in [4.78, 5) is 26.4. The summed E-state index contributed by atoms with van der Waals surface area (Å²) in [6, 6.07) is 33.9. The third-order valence-corrected chi connectivity index (χ3v) is 16.9. The molecule has 3 aliphatic rings. The summed E-state index contributed by atoms with van der Waals surface area (Å²) in [5, 5.41) is 25.1. The molecule has 3 aliphatic heterocycles. The van der Waals surface area contributed by atoms with E-state index < -0.39 is 40.9 Å². The van der Waals surface area contributed by atoms with Gasteiger partial charge >= 0.3 is 0 Å². The number of hydrogen-bond donors (Lipinski definition) is 2. The summed E-state index contributed by atoms with van der Waals surface area (Å²) in [5.41, 5.74) is 0.687. The summed E-state index contributed by atoms with van der Waals surface area (Å²) < 4.78 is 35.7. The summed E-state index contributed by atoms with van der Waals surface area (Å²) in [6.45, 7) is 2.89. The fourth-order valence-electron chi connectivity index (χ4n) is 7.82. The Labute approximate surface area is 327 Å². The van der Waals surface area contributed by atoms with Crippen molar-refractivity contribution in [3.05, 3.63) is 97.3 Å². The Kier molecular flexibility index (Phi) is 11.7. The number of para-hydroxylation sites is 1. The number of carbonyl (C=O) groups excluding carboxylic acids is 1. The minimum absolute atomic E-state index is 0.00635. The van der Waals surface area contributed by atoms with Gasteiger partial charge in [-0.15, -0.1) is 0 Å². The first-order valence-electron chi connectivity index (χ1n) is 18.9. The van der Waals surface area contributed by atoms with E-state index in [1.54, 1.807) is 23.0 Å². The standard InChI is InChI=1S/C40H44N7O7PSi/c1-56(29-15-7-3-8-16-29,30-17-9-4-10-18-30)26-34-31-19-11-21-47(31)55(54-34)53-32-23-36(52-33(32)24-48)46-27-42-37-38(46)44-40(45-39(37)50-22-12-20-41)43-35(49)25-51-28-13-5-2-6-14-28/h2-10,13-18,27,31-34,36,48H,11-12,19,21-26H2,1H3,(H,43,44,45,49)/t31-,32+,33+,34+,36+,55-/m0/s1. The van der Waals surface area contributed by atoms with Gasteiger partial charge in [0.25, 0.3) is 14.4 Å². The molecule has 0 bridgehead atoms. The zero-order chi connectivity index (χ0) is 38.5. The monoisotopic (exact) mass is 793 g/mol. The molecule has 0 unspecified atom stereocenters. The lowest BCUT2D eigenvalue weighted by Crippen LogP contribution is -2.58. The molecule has 3 aromatic carbocycles. The first-order valence-corrected chi connectivity index (χ1v) is 22.8. The highest BCUT2D eigenvalue weighted by Gasteiger charge is 2.52. The van der Waals surface area contributed by atoms with E-state index in [1.807, 2.05) is 18.2 Å². The van der Waals surface area contributed by atoms with Crippen molar-refractivity contribution in [3.8, 4) is 17.7 Å². The molecule has 2 aromatic heterocycles. The van der Waals surface area contributed by atoms with Gasteiger partial charge in [0.2, 0.25) is 11.8 Å². The molecule has 2 N–H and O–H groups in total. The van der Waals surface area contributed by atoms with Gasteiger partial charge in [0.05, 0.1) is 37.6 Å². The highest BCUT2D eigenvalue weighted by Crippen LogP contribution is 2.58. The van der Waals surface area contributed by atoms with Gasteiger partial charge in [0, 0.05) is 19.0 Å². The lowest BCUT2D eigenvalue weighted by molar-refractivity contribution is -0.118.